The number of likely N-dealkylation sites (tertiary alicyclic amines) is 1. The van der Waals surface area contributed by atoms with Crippen molar-refractivity contribution < 1.29 is 4.79 Å². The molecule has 0 unspecified atom stereocenters. The summed E-state index contributed by atoms with van der Waals surface area (Å²) in [5.74, 6) is 1.01. The van der Waals surface area contributed by atoms with Gasteiger partial charge in [0.2, 0.25) is 0 Å². The van der Waals surface area contributed by atoms with Crippen molar-refractivity contribution in [3.05, 3.63) is 65.9 Å². The number of piperidine rings is 1. The molecule has 0 bridgehead atoms. The lowest BCUT2D eigenvalue weighted by atomic mass is 9.94. The molecule has 0 radical (unpaired) electrons. The van der Waals surface area contributed by atoms with E-state index in [2.05, 4.69) is 15.0 Å². The first-order valence-electron chi connectivity index (χ1n) is 8.89. The van der Waals surface area contributed by atoms with Crippen molar-refractivity contribution in [2.24, 2.45) is 0 Å². The highest BCUT2D eigenvalue weighted by atomic mass is 16.2. The van der Waals surface area contributed by atoms with Crippen molar-refractivity contribution in [3.8, 4) is 11.5 Å². The van der Waals surface area contributed by atoms with E-state index in [1.165, 1.54) is 0 Å². The Morgan fingerprint density at radius 3 is 2.81 bits per heavy atom. The number of H-pyrrole nitrogens is 1. The minimum absolute atomic E-state index is 0.0843. The molecule has 2 aromatic heterocycles. The summed E-state index contributed by atoms with van der Waals surface area (Å²) in [4.78, 5) is 31.3. The lowest BCUT2D eigenvalue weighted by Crippen LogP contribution is -2.39. The highest BCUT2D eigenvalue weighted by molar-refractivity contribution is 5.94. The summed E-state index contributed by atoms with van der Waals surface area (Å²) in [6, 6.07) is 9.45. The van der Waals surface area contributed by atoms with Crippen LogP contribution in [0.1, 0.15) is 40.5 Å². The first kappa shape index (κ1) is 16.4. The molecule has 132 valence electrons. The molecule has 1 N–H and O–H groups in total. The fourth-order valence-corrected chi connectivity index (χ4v) is 3.40. The Bertz CT molecular complexity index is 905. The predicted octanol–water partition coefficient (Wildman–Crippen LogP) is 3.19. The van der Waals surface area contributed by atoms with Crippen LogP contribution in [0.4, 0.5) is 0 Å². The van der Waals surface area contributed by atoms with E-state index in [4.69, 9.17) is 4.98 Å². The standard InChI is InChI=1S/C20H21N5O/c1-14-10-22-19(23-14)18-12-21-11-17(24-18)16-8-5-9-25(13-16)20(26)15-6-3-2-4-7-15/h2-4,6-7,10-12,16H,5,8-9,13H2,1H3,(H,22,23)/t16-/m0/s1. The second-order valence-electron chi connectivity index (χ2n) is 6.70. The number of hydrogen-bond acceptors (Lipinski definition) is 4. The first-order chi connectivity index (χ1) is 12.7. The van der Waals surface area contributed by atoms with Gasteiger partial charge in [0.05, 0.1) is 11.9 Å². The maximum atomic E-state index is 12.7. The van der Waals surface area contributed by atoms with Gasteiger partial charge >= 0.3 is 0 Å². The number of aromatic nitrogens is 4. The van der Waals surface area contributed by atoms with E-state index >= 15 is 0 Å². The second-order valence-corrected chi connectivity index (χ2v) is 6.70. The fourth-order valence-electron chi connectivity index (χ4n) is 3.40. The minimum atomic E-state index is 0.0843. The Labute approximate surface area is 152 Å². The number of rotatable bonds is 3. The van der Waals surface area contributed by atoms with Gasteiger partial charge in [-0.15, -0.1) is 0 Å². The van der Waals surface area contributed by atoms with Gasteiger partial charge in [-0.2, -0.15) is 0 Å². The van der Waals surface area contributed by atoms with Crippen LogP contribution in [-0.4, -0.2) is 43.8 Å². The van der Waals surface area contributed by atoms with Crippen LogP contribution in [0.25, 0.3) is 11.5 Å². The summed E-state index contributed by atoms with van der Waals surface area (Å²) >= 11 is 0. The Morgan fingerprint density at radius 1 is 1.19 bits per heavy atom. The third kappa shape index (κ3) is 3.35. The van der Waals surface area contributed by atoms with Crippen LogP contribution < -0.4 is 0 Å². The van der Waals surface area contributed by atoms with Gasteiger partial charge in [0.15, 0.2) is 5.82 Å². The average molecular weight is 347 g/mol. The Balaban J connectivity index is 1.54. The molecule has 1 saturated heterocycles. The molecule has 1 amide bonds. The SMILES string of the molecule is Cc1cnc(-c2cncc([C@H]3CCCN(C(=O)c4ccccc4)C3)n2)[nH]1. The quantitative estimate of drug-likeness (QED) is 0.789. The third-order valence-electron chi connectivity index (χ3n) is 4.75. The van der Waals surface area contributed by atoms with Gasteiger partial charge in [0.25, 0.3) is 5.91 Å². The maximum absolute atomic E-state index is 12.7. The van der Waals surface area contributed by atoms with Gasteiger partial charge < -0.3 is 9.88 Å². The normalized spacial score (nSPS) is 17.3. The van der Waals surface area contributed by atoms with Crippen molar-refractivity contribution >= 4 is 5.91 Å². The molecule has 3 aromatic rings. The van der Waals surface area contributed by atoms with Crippen LogP contribution in [-0.2, 0) is 0 Å². The maximum Gasteiger partial charge on any atom is 0.253 e. The van der Waals surface area contributed by atoms with E-state index in [1.54, 1.807) is 18.6 Å². The zero-order chi connectivity index (χ0) is 17.9. The van der Waals surface area contributed by atoms with Crippen molar-refractivity contribution in [1.29, 1.82) is 0 Å². The molecule has 0 saturated carbocycles. The lowest BCUT2D eigenvalue weighted by Gasteiger charge is -2.32. The summed E-state index contributed by atoms with van der Waals surface area (Å²) in [6.07, 6.45) is 7.28. The van der Waals surface area contributed by atoms with Gasteiger partial charge in [-0.1, -0.05) is 18.2 Å². The molecule has 1 atom stereocenters. The summed E-state index contributed by atoms with van der Waals surface area (Å²) in [5.41, 5.74) is 3.38. The molecule has 6 heteroatoms. The molecule has 1 aromatic carbocycles. The number of imidazole rings is 1. The Hall–Kier alpha value is -3.02. The largest absolute Gasteiger partial charge is 0.341 e. The number of hydrogen-bond donors (Lipinski definition) is 1. The van der Waals surface area contributed by atoms with E-state index in [1.807, 2.05) is 42.2 Å². The number of aryl methyl sites for hydroxylation is 1. The molecular formula is C20H21N5O. The smallest absolute Gasteiger partial charge is 0.253 e. The molecule has 0 aliphatic carbocycles. The molecule has 26 heavy (non-hydrogen) atoms. The number of nitrogens with one attached hydrogen (secondary N) is 1. The lowest BCUT2D eigenvalue weighted by molar-refractivity contribution is 0.0706. The number of amides is 1. The van der Waals surface area contributed by atoms with Crippen LogP contribution in [0, 0.1) is 6.92 Å². The van der Waals surface area contributed by atoms with Gasteiger partial charge in [-0.3, -0.25) is 9.78 Å². The number of aromatic amines is 1. The molecule has 0 spiro atoms. The predicted molar refractivity (Wildman–Crippen MR) is 98.7 cm³/mol. The van der Waals surface area contributed by atoms with Gasteiger partial charge in [-0.05, 0) is 31.9 Å². The van der Waals surface area contributed by atoms with Gasteiger partial charge in [0.1, 0.15) is 5.69 Å². The van der Waals surface area contributed by atoms with Crippen molar-refractivity contribution in [2.75, 3.05) is 13.1 Å². The molecule has 4 rings (SSSR count). The zero-order valence-corrected chi connectivity index (χ0v) is 14.7. The number of carbonyl (C=O) groups excluding carboxylic acids is 1. The van der Waals surface area contributed by atoms with E-state index in [0.29, 0.717) is 6.54 Å². The highest BCUT2D eigenvalue weighted by Gasteiger charge is 2.26. The molecule has 1 fully saturated rings. The van der Waals surface area contributed by atoms with Crippen LogP contribution in [0.5, 0.6) is 0 Å². The van der Waals surface area contributed by atoms with Crippen molar-refractivity contribution in [3.63, 3.8) is 0 Å². The Kier molecular flexibility index (Phi) is 4.48. The molecule has 3 heterocycles. The molecule has 6 nitrogen and oxygen atoms in total. The van der Waals surface area contributed by atoms with Crippen molar-refractivity contribution in [2.45, 2.75) is 25.7 Å². The summed E-state index contributed by atoms with van der Waals surface area (Å²) < 4.78 is 0. The first-order valence-corrected chi connectivity index (χ1v) is 8.89. The van der Waals surface area contributed by atoms with E-state index in [0.717, 1.165) is 47.9 Å². The molecule has 1 aliphatic rings. The summed E-state index contributed by atoms with van der Waals surface area (Å²) in [6.45, 7) is 3.42. The van der Waals surface area contributed by atoms with E-state index < -0.39 is 0 Å². The molecular weight excluding hydrogens is 326 g/mol. The van der Waals surface area contributed by atoms with E-state index in [-0.39, 0.29) is 11.8 Å². The average Bonchev–Trinajstić information content (AvgIpc) is 3.15. The third-order valence-corrected chi connectivity index (χ3v) is 4.75. The highest BCUT2D eigenvalue weighted by Crippen LogP contribution is 2.27. The van der Waals surface area contributed by atoms with Gasteiger partial charge in [0, 0.05) is 42.7 Å². The monoisotopic (exact) mass is 347 g/mol. The number of benzene rings is 1. The topological polar surface area (TPSA) is 74.8 Å². The zero-order valence-electron chi connectivity index (χ0n) is 14.7. The number of carbonyl (C=O) groups is 1. The van der Waals surface area contributed by atoms with Gasteiger partial charge in [-0.25, -0.2) is 9.97 Å². The van der Waals surface area contributed by atoms with Crippen molar-refractivity contribution in [1.82, 2.24) is 24.8 Å². The van der Waals surface area contributed by atoms with Crippen LogP contribution >= 0.6 is 0 Å². The van der Waals surface area contributed by atoms with Crippen LogP contribution in [0.15, 0.2) is 48.9 Å². The number of nitrogens with zero attached hydrogens (tertiary/aromatic N) is 4. The molecule has 1 aliphatic heterocycles. The minimum Gasteiger partial charge on any atom is -0.341 e. The Morgan fingerprint density at radius 2 is 2.04 bits per heavy atom. The summed E-state index contributed by atoms with van der Waals surface area (Å²) in [5, 5.41) is 0. The summed E-state index contributed by atoms with van der Waals surface area (Å²) in [7, 11) is 0. The fraction of sp³-hybridized carbons (Fsp3) is 0.300. The second kappa shape index (κ2) is 7.07. The van der Waals surface area contributed by atoms with Crippen LogP contribution in [0.2, 0.25) is 0 Å². The van der Waals surface area contributed by atoms with Crippen LogP contribution in [0.3, 0.4) is 0 Å². The van der Waals surface area contributed by atoms with E-state index in [9.17, 15) is 4.79 Å².